The summed E-state index contributed by atoms with van der Waals surface area (Å²) < 4.78 is 56.5. The van der Waals surface area contributed by atoms with Gasteiger partial charge in [-0.2, -0.15) is 13.2 Å². The summed E-state index contributed by atoms with van der Waals surface area (Å²) in [6.45, 7) is 1.75. The lowest BCUT2D eigenvalue weighted by Gasteiger charge is -2.09. The van der Waals surface area contributed by atoms with Gasteiger partial charge in [-0.3, -0.25) is 0 Å². The van der Waals surface area contributed by atoms with Crippen molar-refractivity contribution >= 4 is 11.7 Å². The molecule has 0 saturated heterocycles. The molecule has 1 aromatic carbocycles. The number of benzene rings is 1. The summed E-state index contributed by atoms with van der Waals surface area (Å²) in [4.78, 5) is 0. The molecule has 0 aliphatic carbocycles. The van der Waals surface area contributed by atoms with E-state index < -0.39 is 23.2 Å². The molecule has 0 aliphatic rings. The second kappa shape index (κ2) is 5.68. The van der Waals surface area contributed by atoms with E-state index in [2.05, 4.69) is 20.8 Å². The molecule has 0 aliphatic heterocycles. The molecule has 1 heterocycles. The number of nitrogens with one attached hydrogen (secondary N) is 2. The average Bonchev–Trinajstić information content (AvgIpc) is 2.87. The van der Waals surface area contributed by atoms with Crippen molar-refractivity contribution in [2.75, 3.05) is 12.4 Å². The number of hydrogen-bond donors (Lipinski definition) is 2. The standard InChI is InChI=1S/C12H12F4N4O/c1-6(17-2)10-19-20-11(21-10)18-9-5-7(12(14,15)16)3-4-8(9)13/h3-6,17H,1-2H3,(H,18,20). The summed E-state index contributed by atoms with van der Waals surface area (Å²) in [6, 6.07) is 1.59. The van der Waals surface area contributed by atoms with Crippen LogP contribution in [0.4, 0.5) is 29.3 Å². The van der Waals surface area contributed by atoms with Gasteiger partial charge in [-0.15, -0.1) is 5.10 Å². The molecule has 0 fully saturated rings. The number of aromatic nitrogens is 2. The molecule has 2 rings (SSSR count). The van der Waals surface area contributed by atoms with Gasteiger partial charge in [0.2, 0.25) is 5.89 Å². The van der Waals surface area contributed by atoms with Gasteiger partial charge in [0.25, 0.3) is 0 Å². The summed E-state index contributed by atoms with van der Waals surface area (Å²) in [6.07, 6.45) is -4.56. The number of anilines is 2. The zero-order valence-corrected chi connectivity index (χ0v) is 11.1. The molecule has 0 spiro atoms. The zero-order chi connectivity index (χ0) is 15.6. The van der Waals surface area contributed by atoms with Crippen LogP contribution in [0.1, 0.15) is 24.4 Å². The first-order valence-electron chi connectivity index (χ1n) is 5.95. The highest BCUT2D eigenvalue weighted by molar-refractivity contribution is 5.54. The van der Waals surface area contributed by atoms with Gasteiger partial charge in [-0.05, 0) is 32.2 Å². The average molecular weight is 304 g/mol. The van der Waals surface area contributed by atoms with Gasteiger partial charge >= 0.3 is 12.2 Å². The molecular weight excluding hydrogens is 292 g/mol. The first kappa shape index (κ1) is 15.2. The van der Waals surface area contributed by atoms with E-state index in [9.17, 15) is 17.6 Å². The predicted molar refractivity (Wildman–Crippen MR) is 66.5 cm³/mol. The van der Waals surface area contributed by atoms with Crippen LogP contribution in [0.25, 0.3) is 0 Å². The topological polar surface area (TPSA) is 63.0 Å². The van der Waals surface area contributed by atoms with E-state index in [0.717, 1.165) is 6.07 Å². The van der Waals surface area contributed by atoms with E-state index in [1.807, 2.05) is 0 Å². The highest BCUT2D eigenvalue weighted by atomic mass is 19.4. The fourth-order valence-corrected chi connectivity index (χ4v) is 1.50. The predicted octanol–water partition coefficient (Wildman–Crippen LogP) is 3.25. The summed E-state index contributed by atoms with van der Waals surface area (Å²) in [7, 11) is 1.68. The number of alkyl halides is 3. The highest BCUT2D eigenvalue weighted by Crippen LogP contribution is 2.32. The number of nitrogens with zero attached hydrogens (tertiary/aromatic N) is 2. The monoisotopic (exact) mass is 304 g/mol. The van der Waals surface area contributed by atoms with Crippen molar-refractivity contribution in [2.24, 2.45) is 0 Å². The molecule has 114 valence electrons. The number of halogens is 4. The number of rotatable bonds is 4. The normalized spacial score (nSPS) is 13.2. The molecule has 0 radical (unpaired) electrons. The van der Waals surface area contributed by atoms with Crippen molar-refractivity contribution in [3.63, 3.8) is 0 Å². The van der Waals surface area contributed by atoms with Crippen molar-refractivity contribution in [1.29, 1.82) is 0 Å². The first-order chi connectivity index (χ1) is 9.81. The molecule has 1 aromatic heterocycles. The minimum absolute atomic E-state index is 0.190. The summed E-state index contributed by atoms with van der Waals surface area (Å²) in [5.74, 6) is -0.628. The van der Waals surface area contributed by atoms with Gasteiger partial charge in [0.1, 0.15) is 5.82 Å². The molecule has 2 N–H and O–H groups in total. The van der Waals surface area contributed by atoms with Crippen LogP contribution in [0.15, 0.2) is 22.6 Å². The third-order valence-electron chi connectivity index (χ3n) is 2.78. The van der Waals surface area contributed by atoms with Crippen LogP contribution in [0.5, 0.6) is 0 Å². The van der Waals surface area contributed by atoms with Crippen LogP contribution >= 0.6 is 0 Å². The molecule has 1 atom stereocenters. The van der Waals surface area contributed by atoms with Crippen molar-refractivity contribution in [1.82, 2.24) is 15.5 Å². The van der Waals surface area contributed by atoms with Crippen LogP contribution < -0.4 is 10.6 Å². The van der Waals surface area contributed by atoms with Gasteiger partial charge in [-0.25, -0.2) is 4.39 Å². The second-order valence-electron chi connectivity index (χ2n) is 4.27. The summed E-state index contributed by atoms with van der Waals surface area (Å²) in [5, 5.41) is 12.5. The largest absolute Gasteiger partial charge is 0.416 e. The molecule has 9 heteroatoms. The third kappa shape index (κ3) is 3.48. The minimum atomic E-state index is -4.56. The second-order valence-corrected chi connectivity index (χ2v) is 4.27. The number of hydrogen-bond acceptors (Lipinski definition) is 5. The Balaban J connectivity index is 2.25. The summed E-state index contributed by atoms with van der Waals surface area (Å²) in [5.41, 5.74) is -1.37. The Morgan fingerprint density at radius 1 is 1.24 bits per heavy atom. The van der Waals surface area contributed by atoms with Gasteiger partial charge in [0.05, 0.1) is 17.3 Å². The van der Waals surface area contributed by atoms with Crippen molar-refractivity contribution in [2.45, 2.75) is 19.1 Å². The molecule has 21 heavy (non-hydrogen) atoms. The fraction of sp³-hybridized carbons (Fsp3) is 0.333. The van der Waals surface area contributed by atoms with E-state index in [0.29, 0.717) is 12.1 Å². The quantitative estimate of drug-likeness (QED) is 0.849. The third-order valence-corrected chi connectivity index (χ3v) is 2.78. The maximum atomic E-state index is 13.5. The van der Waals surface area contributed by atoms with E-state index >= 15 is 0 Å². The van der Waals surface area contributed by atoms with Gasteiger partial charge in [0.15, 0.2) is 0 Å². The van der Waals surface area contributed by atoms with Crippen LogP contribution in [0, 0.1) is 5.82 Å². The maximum absolute atomic E-state index is 13.5. The van der Waals surface area contributed by atoms with Crippen LogP contribution in [0.3, 0.4) is 0 Å². The van der Waals surface area contributed by atoms with E-state index in [1.165, 1.54) is 0 Å². The molecule has 0 amide bonds. The summed E-state index contributed by atoms with van der Waals surface area (Å²) >= 11 is 0. The lowest BCUT2D eigenvalue weighted by Crippen LogP contribution is -2.12. The molecule has 1 unspecified atom stereocenters. The van der Waals surface area contributed by atoms with Crippen LogP contribution in [-0.4, -0.2) is 17.2 Å². The van der Waals surface area contributed by atoms with E-state index in [4.69, 9.17) is 4.42 Å². The highest BCUT2D eigenvalue weighted by Gasteiger charge is 2.31. The van der Waals surface area contributed by atoms with Crippen molar-refractivity contribution < 1.29 is 22.0 Å². The van der Waals surface area contributed by atoms with Gasteiger partial charge in [0, 0.05) is 0 Å². The van der Waals surface area contributed by atoms with Crippen LogP contribution in [-0.2, 0) is 6.18 Å². The Labute approximate surface area is 117 Å². The Kier molecular flexibility index (Phi) is 4.12. The Bertz CT molecular complexity index is 626. The molecule has 0 bridgehead atoms. The molecule has 2 aromatic rings. The fourth-order valence-electron chi connectivity index (χ4n) is 1.50. The Hall–Kier alpha value is -2.16. The van der Waals surface area contributed by atoms with Crippen molar-refractivity contribution in [3.05, 3.63) is 35.5 Å². The van der Waals surface area contributed by atoms with Crippen LogP contribution in [0.2, 0.25) is 0 Å². The van der Waals surface area contributed by atoms with Gasteiger partial charge in [-0.1, -0.05) is 5.10 Å². The Morgan fingerprint density at radius 2 is 1.95 bits per heavy atom. The minimum Gasteiger partial charge on any atom is -0.406 e. The molecule has 5 nitrogen and oxygen atoms in total. The van der Waals surface area contributed by atoms with E-state index in [-0.39, 0.29) is 17.9 Å². The van der Waals surface area contributed by atoms with Gasteiger partial charge < -0.3 is 15.1 Å². The Morgan fingerprint density at radius 3 is 2.57 bits per heavy atom. The lowest BCUT2D eigenvalue weighted by molar-refractivity contribution is -0.137. The lowest BCUT2D eigenvalue weighted by atomic mass is 10.2. The van der Waals surface area contributed by atoms with Crippen molar-refractivity contribution in [3.8, 4) is 0 Å². The SMILES string of the molecule is CNC(C)c1nnc(Nc2cc(C(F)(F)F)ccc2F)o1. The molecule has 0 saturated carbocycles. The smallest absolute Gasteiger partial charge is 0.406 e. The first-order valence-corrected chi connectivity index (χ1v) is 5.95. The maximum Gasteiger partial charge on any atom is 0.416 e. The van der Waals surface area contributed by atoms with E-state index in [1.54, 1.807) is 14.0 Å². The zero-order valence-electron chi connectivity index (χ0n) is 11.1. The molecular formula is C12H12F4N4O.